The van der Waals surface area contributed by atoms with Crippen molar-refractivity contribution in [2.24, 2.45) is 5.73 Å². The van der Waals surface area contributed by atoms with E-state index < -0.39 is 5.54 Å². The average molecular weight is 210 g/mol. The molecule has 1 aliphatic carbocycles. The van der Waals surface area contributed by atoms with Crippen molar-refractivity contribution in [3.05, 3.63) is 11.7 Å². The highest BCUT2D eigenvalue weighted by Crippen LogP contribution is 2.28. The van der Waals surface area contributed by atoms with E-state index in [1.54, 1.807) is 6.92 Å². The van der Waals surface area contributed by atoms with Crippen molar-refractivity contribution in [3.63, 3.8) is 0 Å². The van der Waals surface area contributed by atoms with Crippen LogP contribution in [0.5, 0.6) is 0 Å². The summed E-state index contributed by atoms with van der Waals surface area (Å²) in [5.74, 6) is 0.838. The highest BCUT2D eigenvalue weighted by molar-refractivity contribution is 5.86. The topological polar surface area (TPSA) is 94.0 Å². The van der Waals surface area contributed by atoms with Gasteiger partial charge in [0, 0.05) is 6.92 Å². The Balaban J connectivity index is 1.85. The minimum atomic E-state index is -0.668. The van der Waals surface area contributed by atoms with Crippen LogP contribution in [0.2, 0.25) is 0 Å². The van der Waals surface area contributed by atoms with Gasteiger partial charge in [0.05, 0.1) is 12.1 Å². The Labute approximate surface area is 87.2 Å². The number of hydrogen-bond acceptors (Lipinski definition) is 5. The first-order chi connectivity index (χ1) is 7.10. The van der Waals surface area contributed by atoms with E-state index in [2.05, 4.69) is 15.5 Å². The molecule has 15 heavy (non-hydrogen) atoms. The van der Waals surface area contributed by atoms with Crippen LogP contribution in [0.15, 0.2) is 4.52 Å². The number of carbonyl (C=O) groups excluding carboxylic acids is 1. The smallest absolute Gasteiger partial charge is 0.240 e. The summed E-state index contributed by atoms with van der Waals surface area (Å²) in [7, 11) is 0. The van der Waals surface area contributed by atoms with Gasteiger partial charge >= 0.3 is 0 Å². The molecule has 1 saturated carbocycles. The van der Waals surface area contributed by atoms with Gasteiger partial charge in [0.25, 0.3) is 0 Å². The Kier molecular flexibility index (Phi) is 2.44. The molecule has 1 aromatic heterocycles. The third-order valence-corrected chi connectivity index (χ3v) is 2.67. The highest BCUT2D eigenvalue weighted by atomic mass is 16.5. The number of aryl methyl sites for hydroxylation is 1. The molecule has 0 aliphatic heterocycles. The van der Waals surface area contributed by atoms with Crippen molar-refractivity contribution >= 4 is 5.91 Å². The Hall–Kier alpha value is -1.43. The molecule has 82 valence electrons. The van der Waals surface area contributed by atoms with Gasteiger partial charge in [-0.3, -0.25) is 4.79 Å². The molecule has 1 amide bonds. The Morgan fingerprint density at radius 2 is 2.40 bits per heavy atom. The average Bonchev–Trinajstić information content (AvgIpc) is 2.57. The van der Waals surface area contributed by atoms with Crippen molar-refractivity contribution in [1.29, 1.82) is 0 Å². The summed E-state index contributed by atoms with van der Waals surface area (Å²) in [6.45, 7) is 1.98. The predicted molar refractivity (Wildman–Crippen MR) is 51.7 cm³/mol. The number of nitrogens with two attached hydrogens (primary N) is 1. The van der Waals surface area contributed by atoms with Crippen molar-refractivity contribution in [2.75, 3.05) is 0 Å². The second-order valence-electron chi connectivity index (χ2n) is 3.92. The molecule has 2 rings (SSSR count). The Morgan fingerprint density at radius 1 is 1.67 bits per heavy atom. The molecular weight excluding hydrogens is 196 g/mol. The van der Waals surface area contributed by atoms with Crippen LogP contribution in [0.1, 0.15) is 31.0 Å². The lowest BCUT2D eigenvalue weighted by atomic mass is 9.77. The number of nitrogens with one attached hydrogen (secondary N) is 1. The fourth-order valence-corrected chi connectivity index (χ4v) is 1.53. The molecule has 0 bridgehead atoms. The monoisotopic (exact) mass is 210 g/mol. The summed E-state index contributed by atoms with van der Waals surface area (Å²) in [6.07, 6.45) is 2.53. The van der Waals surface area contributed by atoms with Gasteiger partial charge in [0.2, 0.25) is 11.8 Å². The van der Waals surface area contributed by atoms with Crippen LogP contribution in [-0.4, -0.2) is 21.6 Å². The summed E-state index contributed by atoms with van der Waals surface area (Å²) < 4.78 is 4.78. The molecule has 1 aliphatic rings. The largest absolute Gasteiger partial charge is 0.347 e. The zero-order valence-corrected chi connectivity index (χ0v) is 8.62. The molecular formula is C9H14N4O2. The van der Waals surface area contributed by atoms with Gasteiger partial charge in [-0.25, -0.2) is 0 Å². The minimum absolute atomic E-state index is 0.129. The fourth-order valence-electron chi connectivity index (χ4n) is 1.53. The van der Waals surface area contributed by atoms with E-state index in [-0.39, 0.29) is 12.5 Å². The predicted octanol–water partition coefficient (Wildman–Crippen LogP) is -0.124. The van der Waals surface area contributed by atoms with Crippen LogP contribution in [0, 0.1) is 6.92 Å². The summed E-state index contributed by atoms with van der Waals surface area (Å²) in [5, 5.41) is 6.38. The van der Waals surface area contributed by atoms with Gasteiger partial charge in [-0.2, -0.15) is 4.98 Å². The van der Waals surface area contributed by atoms with Crippen LogP contribution in [0.3, 0.4) is 0 Å². The number of hydrogen-bond donors (Lipinski definition) is 2. The molecule has 1 heterocycles. The van der Waals surface area contributed by atoms with E-state index in [1.807, 2.05) is 0 Å². The number of aromatic nitrogens is 2. The molecule has 0 radical (unpaired) electrons. The SMILES string of the molecule is Cc1nc(CNC(=O)C2(N)CCC2)no1. The Morgan fingerprint density at radius 3 is 2.87 bits per heavy atom. The second-order valence-corrected chi connectivity index (χ2v) is 3.92. The van der Waals surface area contributed by atoms with E-state index in [1.165, 1.54) is 0 Å². The maximum absolute atomic E-state index is 11.6. The number of amides is 1. The van der Waals surface area contributed by atoms with Crippen molar-refractivity contribution < 1.29 is 9.32 Å². The fraction of sp³-hybridized carbons (Fsp3) is 0.667. The molecule has 6 heteroatoms. The van der Waals surface area contributed by atoms with Crippen molar-refractivity contribution in [3.8, 4) is 0 Å². The lowest BCUT2D eigenvalue weighted by Crippen LogP contribution is -2.58. The summed E-state index contributed by atoms with van der Waals surface area (Å²) >= 11 is 0. The second kappa shape index (κ2) is 3.62. The molecule has 1 fully saturated rings. The zero-order valence-electron chi connectivity index (χ0n) is 8.62. The van der Waals surface area contributed by atoms with E-state index in [4.69, 9.17) is 10.3 Å². The first-order valence-electron chi connectivity index (χ1n) is 4.96. The number of carbonyl (C=O) groups is 1. The van der Waals surface area contributed by atoms with Gasteiger partial charge < -0.3 is 15.6 Å². The summed E-state index contributed by atoms with van der Waals surface area (Å²) in [6, 6.07) is 0. The minimum Gasteiger partial charge on any atom is -0.347 e. The Bertz CT molecular complexity index is 370. The zero-order chi connectivity index (χ0) is 10.9. The molecule has 0 aromatic carbocycles. The third-order valence-electron chi connectivity index (χ3n) is 2.67. The lowest BCUT2D eigenvalue weighted by Gasteiger charge is -2.35. The van der Waals surface area contributed by atoms with Gasteiger partial charge in [0.15, 0.2) is 5.82 Å². The molecule has 6 nitrogen and oxygen atoms in total. The van der Waals surface area contributed by atoms with Crippen LogP contribution in [0.4, 0.5) is 0 Å². The summed E-state index contributed by atoms with van der Waals surface area (Å²) in [5.41, 5.74) is 5.17. The molecule has 0 spiro atoms. The van der Waals surface area contributed by atoms with Gasteiger partial charge in [-0.05, 0) is 19.3 Å². The number of nitrogens with zero attached hydrogens (tertiary/aromatic N) is 2. The first-order valence-corrected chi connectivity index (χ1v) is 4.96. The van der Waals surface area contributed by atoms with E-state index in [9.17, 15) is 4.79 Å². The normalized spacial score (nSPS) is 18.3. The van der Waals surface area contributed by atoms with Crippen LogP contribution >= 0.6 is 0 Å². The standard InChI is InChI=1S/C9H14N4O2/c1-6-12-7(13-15-6)5-11-8(14)9(10)3-2-4-9/h2-5,10H2,1H3,(H,11,14). The maximum Gasteiger partial charge on any atom is 0.240 e. The van der Waals surface area contributed by atoms with Gasteiger partial charge in [0.1, 0.15) is 0 Å². The molecule has 0 saturated heterocycles. The molecule has 3 N–H and O–H groups in total. The quantitative estimate of drug-likeness (QED) is 0.725. The van der Waals surface area contributed by atoms with E-state index in [0.29, 0.717) is 11.7 Å². The van der Waals surface area contributed by atoms with Crippen LogP contribution in [0.25, 0.3) is 0 Å². The van der Waals surface area contributed by atoms with Crippen LogP contribution < -0.4 is 11.1 Å². The third kappa shape index (κ3) is 1.99. The molecule has 0 unspecified atom stereocenters. The highest BCUT2D eigenvalue weighted by Gasteiger charge is 2.39. The first kappa shape index (κ1) is 10.1. The van der Waals surface area contributed by atoms with E-state index in [0.717, 1.165) is 19.3 Å². The van der Waals surface area contributed by atoms with Gasteiger partial charge in [-0.1, -0.05) is 5.16 Å². The van der Waals surface area contributed by atoms with E-state index >= 15 is 0 Å². The lowest BCUT2D eigenvalue weighted by molar-refractivity contribution is -0.129. The summed E-state index contributed by atoms with van der Waals surface area (Å²) in [4.78, 5) is 15.6. The number of rotatable bonds is 3. The molecule has 0 atom stereocenters. The van der Waals surface area contributed by atoms with Gasteiger partial charge in [-0.15, -0.1) is 0 Å². The van der Waals surface area contributed by atoms with Crippen molar-refractivity contribution in [2.45, 2.75) is 38.3 Å². The van der Waals surface area contributed by atoms with Crippen molar-refractivity contribution in [1.82, 2.24) is 15.5 Å². The molecule has 1 aromatic rings. The van der Waals surface area contributed by atoms with Crippen LogP contribution in [-0.2, 0) is 11.3 Å². The maximum atomic E-state index is 11.6.